The number of amides is 2. The van der Waals surface area contributed by atoms with Crippen LogP contribution in [-0.4, -0.2) is 23.7 Å². The second-order valence-corrected chi connectivity index (χ2v) is 8.73. The molecule has 2 amide bonds. The summed E-state index contributed by atoms with van der Waals surface area (Å²) in [4.78, 5) is 14.5. The number of urea groups is 1. The molecule has 1 fully saturated rings. The maximum Gasteiger partial charge on any atom is 0.339 e. The molecule has 0 N–H and O–H groups in total. The molecular weight excluding hydrogens is 402 g/mol. The van der Waals surface area contributed by atoms with Gasteiger partial charge < -0.3 is 0 Å². The molecule has 7 heteroatoms. The number of nitrogens with zero attached hydrogens (tertiary/aromatic N) is 2. The maximum atomic E-state index is 14.7. The van der Waals surface area contributed by atoms with Crippen molar-refractivity contribution in [2.45, 2.75) is 43.2 Å². The van der Waals surface area contributed by atoms with E-state index in [0.29, 0.717) is 0 Å². The summed E-state index contributed by atoms with van der Waals surface area (Å²) in [6.45, 7) is 1.79. The van der Waals surface area contributed by atoms with E-state index in [-0.39, 0.29) is 22.0 Å². The molecule has 0 spiro atoms. The Morgan fingerprint density at radius 3 is 2.46 bits per heavy atom. The summed E-state index contributed by atoms with van der Waals surface area (Å²) in [5.41, 5.74) is 1.05. The molecule has 0 heterocycles. The standard InChI is InChI=1S/C21H23ClF2N2OS/c1-14-11-12-19(17(24)13-14)26(28-20-10-6-3-7-15(20)22)21(27)25(2)18-9-5-4-8-16(18)23/h4-5,8-9,11-13,15,20H,3,6-7,10H2,1-2H3. The minimum Gasteiger partial charge on any atom is -0.293 e. The third-order valence-electron chi connectivity index (χ3n) is 4.86. The molecule has 0 radical (unpaired) electrons. The number of benzene rings is 2. The Hall–Kier alpha value is -1.79. The molecule has 0 bridgehead atoms. The molecule has 2 atom stereocenters. The number of para-hydroxylation sites is 1. The average Bonchev–Trinajstić information content (AvgIpc) is 2.67. The van der Waals surface area contributed by atoms with Gasteiger partial charge in [0.2, 0.25) is 0 Å². The molecular formula is C21H23ClF2N2OS. The van der Waals surface area contributed by atoms with Crippen LogP contribution in [0.2, 0.25) is 0 Å². The molecule has 3 rings (SSSR count). The maximum absolute atomic E-state index is 14.7. The van der Waals surface area contributed by atoms with Crippen molar-refractivity contribution < 1.29 is 13.6 Å². The summed E-state index contributed by atoms with van der Waals surface area (Å²) in [5.74, 6) is -1.01. The zero-order chi connectivity index (χ0) is 20.3. The Balaban J connectivity index is 1.95. The summed E-state index contributed by atoms with van der Waals surface area (Å²) in [6, 6.07) is 10.2. The molecule has 0 aliphatic heterocycles. The Kier molecular flexibility index (Phi) is 6.83. The SMILES string of the molecule is Cc1ccc(N(SC2CCCCC2Cl)C(=O)N(C)c2ccccc2F)c(F)c1. The third kappa shape index (κ3) is 4.61. The van der Waals surface area contributed by atoms with Crippen LogP contribution in [0.5, 0.6) is 0 Å². The smallest absolute Gasteiger partial charge is 0.293 e. The van der Waals surface area contributed by atoms with E-state index in [4.69, 9.17) is 11.6 Å². The predicted octanol–water partition coefficient (Wildman–Crippen LogP) is 6.53. The number of carbonyl (C=O) groups is 1. The molecule has 150 valence electrons. The largest absolute Gasteiger partial charge is 0.339 e. The highest BCUT2D eigenvalue weighted by Crippen LogP contribution is 2.38. The van der Waals surface area contributed by atoms with Crippen molar-refractivity contribution in [2.75, 3.05) is 16.3 Å². The summed E-state index contributed by atoms with van der Waals surface area (Å²) >= 11 is 7.71. The fourth-order valence-electron chi connectivity index (χ4n) is 3.25. The lowest BCUT2D eigenvalue weighted by atomic mass is 10.00. The molecule has 2 aromatic rings. The van der Waals surface area contributed by atoms with Crippen LogP contribution in [0.15, 0.2) is 42.5 Å². The van der Waals surface area contributed by atoms with Crippen molar-refractivity contribution in [3.05, 3.63) is 59.7 Å². The first-order valence-electron chi connectivity index (χ1n) is 9.28. The van der Waals surface area contributed by atoms with E-state index >= 15 is 0 Å². The van der Waals surface area contributed by atoms with Gasteiger partial charge in [-0.3, -0.25) is 4.90 Å². The first-order valence-corrected chi connectivity index (χ1v) is 10.5. The molecule has 3 nitrogen and oxygen atoms in total. The van der Waals surface area contributed by atoms with Crippen LogP contribution in [0, 0.1) is 18.6 Å². The predicted molar refractivity (Wildman–Crippen MR) is 113 cm³/mol. The number of carbonyl (C=O) groups excluding carboxylic acids is 1. The van der Waals surface area contributed by atoms with Gasteiger partial charge in [-0.1, -0.05) is 31.0 Å². The van der Waals surface area contributed by atoms with Gasteiger partial charge in [0, 0.05) is 17.7 Å². The zero-order valence-corrected chi connectivity index (χ0v) is 17.4. The number of rotatable bonds is 4. The van der Waals surface area contributed by atoms with E-state index in [1.807, 2.05) is 0 Å². The number of halogens is 3. The van der Waals surface area contributed by atoms with Crippen LogP contribution >= 0.6 is 23.5 Å². The lowest BCUT2D eigenvalue weighted by molar-refractivity contribution is 0.255. The highest BCUT2D eigenvalue weighted by molar-refractivity contribution is 8.02. The Bertz CT molecular complexity index is 851. The Morgan fingerprint density at radius 1 is 1.07 bits per heavy atom. The first-order chi connectivity index (χ1) is 13.4. The first kappa shape index (κ1) is 20.9. The Labute approximate surface area is 173 Å². The third-order valence-corrected chi connectivity index (χ3v) is 6.93. The number of alkyl halides is 1. The number of anilines is 2. The quantitative estimate of drug-likeness (QED) is 0.411. The van der Waals surface area contributed by atoms with E-state index in [9.17, 15) is 13.6 Å². The fourth-order valence-corrected chi connectivity index (χ4v) is 4.95. The lowest BCUT2D eigenvalue weighted by Crippen LogP contribution is -2.40. The van der Waals surface area contributed by atoms with E-state index in [2.05, 4.69) is 0 Å². The monoisotopic (exact) mass is 424 g/mol. The van der Waals surface area contributed by atoms with Gasteiger partial charge in [-0.25, -0.2) is 17.9 Å². The van der Waals surface area contributed by atoms with Crippen LogP contribution in [0.3, 0.4) is 0 Å². The van der Waals surface area contributed by atoms with E-state index in [1.54, 1.807) is 31.2 Å². The summed E-state index contributed by atoms with van der Waals surface area (Å²) in [6.07, 6.45) is 3.77. The topological polar surface area (TPSA) is 23.6 Å². The van der Waals surface area contributed by atoms with Crippen LogP contribution in [-0.2, 0) is 0 Å². The molecule has 0 saturated heterocycles. The highest BCUT2D eigenvalue weighted by atomic mass is 35.5. The van der Waals surface area contributed by atoms with Crippen molar-refractivity contribution in [3.8, 4) is 0 Å². The molecule has 1 aliphatic rings. The van der Waals surface area contributed by atoms with Crippen LogP contribution < -0.4 is 9.21 Å². The normalized spacial score (nSPS) is 19.3. The molecule has 2 unspecified atom stereocenters. The minimum atomic E-state index is -0.521. The number of hydrogen-bond acceptors (Lipinski definition) is 2. The minimum absolute atomic E-state index is 0.0194. The molecule has 1 saturated carbocycles. The van der Waals surface area contributed by atoms with Gasteiger partial charge in [-0.15, -0.1) is 11.6 Å². The summed E-state index contributed by atoms with van der Waals surface area (Å²) < 4.78 is 30.2. The van der Waals surface area contributed by atoms with Crippen LogP contribution in [0.1, 0.15) is 31.2 Å². The van der Waals surface area contributed by atoms with Gasteiger partial charge in [-0.2, -0.15) is 0 Å². The molecule has 1 aliphatic carbocycles. The van der Waals surface area contributed by atoms with Crippen molar-refractivity contribution in [1.82, 2.24) is 0 Å². The van der Waals surface area contributed by atoms with Gasteiger partial charge in [0.1, 0.15) is 11.6 Å². The second-order valence-electron chi connectivity index (χ2n) is 6.99. The van der Waals surface area contributed by atoms with E-state index in [0.717, 1.165) is 31.2 Å². The van der Waals surface area contributed by atoms with E-state index in [1.165, 1.54) is 46.4 Å². The van der Waals surface area contributed by atoms with Gasteiger partial charge in [-0.05, 0) is 61.5 Å². The van der Waals surface area contributed by atoms with Crippen molar-refractivity contribution in [2.24, 2.45) is 0 Å². The number of hydrogen-bond donors (Lipinski definition) is 0. The van der Waals surface area contributed by atoms with Gasteiger partial charge in [0.05, 0.1) is 11.4 Å². The van der Waals surface area contributed by atoms with Gasteiger partial charge in [0.25, 0.3) is 0 Å². The molecule has 0 aromatic heterocycles. The summed E-state index contributed by atoms with van der Waals surface area (Å²) in [7, 11) is 1.49. The second kappa shape index (κ2) is 9.14. The summed E-state index contributed by atoms with van der Waals surface area (Å²) in [5, 5.41) is -0.115. The van der Waals surface area contributed by atoms with Gasteiger partial charge in [0.15, 0.2) is 0 Å². The Morgan fingerprint density at radius 2 is 1.79 bits per heavy atom. The van der Waals surface area contributed by atoms with Crippen LogP contribution in [0.4, 0.5) is 25.0 Å². The van der Waals surface area contributed by atoms with E-state index < -0.39 is 17.7 Å². The van der Waals surface area contributed by atoms with Crippen molar-refractivity contribution in [3.63, 3.8) is 0 Å². The van der Waals surface area contributed by atoms with Crippen molar-refractivity contribution >= 4 is 41.0 Å². The van der Waals surface area contributed by atoms with Crippen molar-refractivity contribution in [1.29, 1.82) is 0 Å². The average molecular weight is 425 g/mol. The number of aryl methyl sites for hydroxylation is 1. The highest BCUT2D eigenvalue weighted by Gasteiger charge is 2.32. The molecule has 28 heavy (non-hydrogen) atoms. The zero-order valence-electron chi connectivity index (χ0n) is 15.9. The lowest BCUT2D eigenvalue weighted by Gasteiger charge is -2.33. The van der Waals surface area contributed by atoms with Gasteiger partial charge >= 0.3 is 6.03 Å². The van der Waals surface area contributed by atoms with Crippen LogP contribution in [0.25, 0.3) is 0 Å². The molecule has 2 aromatic carbocycles. The fraction of sp³-hybridized carbons (Fsp3) is 0.381.